The van der Waals surface area contributed by atoms with Gasteiger partial charge in [0.05, 0.1) is 0 Å². The van der Waals surface area contributed by atoms with Crippen molar-refractivity contribution in [2.24, 2.45) is 4.99 Å². The molecule has 0 atom stereocenters. The van der Waals surface area contributed by atoms with Gasteiger partial charge in [-0.25, -0.2) is 4.39 Å². The first kappa shape index (κ1) is 20.4. The minimum atomic E-state index is -0.156. The van der Waals surface area contributed by atoms with Gasteiger partial charge in [-0.2, -0.15) is 0 Å². The fraction of sp³-hybridized carbons (Fsp3) is 0.550. The van der Waals surface area contributed by atoms with Gasteiger partial charge in [0.2, 0.25) is 0 Å². The summed E-state index contributed by atoms with van der Waals surface area (Å²) in [6, 6.07) is 5.72. The minimum Gasteiger partial charge on any atom is -0.354 e. The number of nitrogens with zero attached hydrogens (tertiary/aromatic N) is 3. The van der Waals surface area contributed by atoms with E-state index in [9.17, 15) is 4.39 Å². The molecule has 0 aromatic heterocycles. The topological polar surface area (TPSA) is 42.9 Å². The molecule has 144 valence electrons. The first-order valence-corrected chi connectivity index (χ1v) is 9.24. The lowest BCUT2D eigenvalue weighted by atomic mass is 10.1. The van der Waals surface area contributed by atoms with Crippen LogP contribution in [-0.2, 0) is 13.1 Å². The Hall–Kier alpha value is -1.92. The second-order valence-corrected chi connectivity index (χ2v) is 7.10. The van der Waals surface area contributed by atoms with Crippen LogP contribution in [0.1, 0.15) is 24.0 Å². The summed E-state index contributed by atoms with van der Waals surface area (Å²) >= 11 is 0. The standard InChI is InChI=1S/C20H32FN5/c1-5-10-26-11-8-18(9-12-26)24-20(22-2)23-14-16-6-7-19(21)17(13-16)15-25(3)4/h5-7,13,18H,1,8-12,14-15H2,2-4H3,(H2,22,23,24). The number of nitrogens with one attached hydrogen (secondary N) is 2. The van der Waals surface area contributed by atoms with Gasteiger partial charge in [0.1, 0.15) is 5.82 Å². The van der Waals surface area contributed by atoms with E-state index < -0.39 is 0 Å². The molecule has 2 N–H and O–H groups in total. The van der Waals surface area contributed by atoms with Gasteiger partial charge in [-0.3, -0.25) is 9.89 Å². The predicted octanol–water partition coefficient (Wildman–Crippen LogP) is 2.20. The zero-order chi connectivity index (χ0) is 18.9. The van der Waals surface area contributed by atoms with Crippen molar-refractivity contribution >= 4 is 5.96 Å². The largest absolute Gasteiger partial charge is 0.354 e. The molecule has 1 aromatic rings. The molecule has 6 heteroatoms. The number of likely N-dealkylation sites (tertiary alicyclic amines) is 1. The van der Waals surface area contributed by atoms with E-state index in [2.05, 4.69) is 27.1 Å². The fourth-order valence-electron chi connectivity index (χ4n) is 3.22. The van der Waals surface area contributed by atoms with Crippen molar-refractivity contribution < 1.29 is 4.39 Å². The number of hydrogen-bond donors (Lipinski definition) is 2. The first-order chi connectivity index (χ1) is 12.5. The van der Waals surface area contributed by atoms with Crippen LogP contribution in [-0.4, -0.2) is 62.6 Å². The number of rotatable bonds is 7. The maximum Gasteiger partial charge on any atom is 0.191 e. The average molecular weight is 362 g/mol. The lowest BCUT2D eigenvalue weighted by Gasteiger charge is -2.32. The molecule has 1 aliphatic heterocycles. The highest BCUT2D eigenvalue weighted by atomic mass is 19.1. The molecule has 1 aromatic carbocycles. The molecular formula is C20H32FN5. The van der Waals surface area contributed by atoms with Crippen LogP contribution in [0.3, 0.4) is 0 Å². The quantitative estimate of drug-likeness (QED) is 0.444. The Morgan fingerprint density at radius 2 is 2.12 bits per heavy atom. The van der Waals surface area contributed by atoms with Gasteiger partial charge in [0, 0.05) is 51.4 Å². The van der Waals surface area contributed by atoms with Gasteiger partial charge in [0.25, 0.3) is 0 Å². The molecule has 26 heavy (non-hydrogen) atoms. The van der Waals surface area contributed by atoms with Crippen molar-refractivity contribution in [3.8, 4) is 0 Å². The molecule has 0 radical (unpaired) electrons. The van der Waals surface area contributed by atoms with Crippen LogP contribution in [0.15, 0.2) is 35.8 Å². The van der Waals surface area contributed by atoms with Gasteiger partial charge >= 0.3 is 0 Å². The molecule has 0 unspecified atom stereocenters. The molecule has 0 amide bonds. The predicted molar refractivity (Wildman–Crippen MR) is 107 cm³/mol. The molecule has 0 aliphatic carbocycles. The number of piperidine rings is 1. The van der Waals surface area contributed by atoms with Crippen molar-refractivity contribution in [3.05, 3.63) is 47.8 Å². The van der Waals surface area contributed by atoms with Crippen molar-refractivity contribution in [2.45, 2.75) is 32.0 Å². The van der Waals surface area contributed by atoms with Crippen LogP contribution < -0.4 is 10.6 Å². The number of benzene rings is 1. The van der Waals surface area contributed by atoms with Crippen molar-refractivity contribution in [1.82, 2.24) is 20.4 Å². The maximum atomic E-state index is 13.9. The van der Waals surface area contributed by atoms with Gasteiger partial charge in [-0.05, 0) is 44.6 Å². The number of guanidine groups is 1. The summed E-state index contributed by atoms with van der Waals surface area (Å²) < 4.78 is 13.9. The molecule has 0 spiro atoms. The van der Waals surface area contributed by atoms with Crippen molar-refractivity contribution in [3.63, 3.8) is 0 Å². The van der Waals surface area contributed by atoms with E-state index in [0.29, 0.717) is 24.7 Å². The zero-order valence-corrected chi connectivity index (χ0v) is 16.3. The molecule has 1 aliphatic rings. The summed E-state index contributed by atoms with van der Waals surface area (Å²) in [5, 5.41) is 6.84. The van der Waals surface area contributed by atoms with Crippen LogP contribution in [0.2, 0.25) is 0 Å². The summed E-state index contributed by atoms with van der Waals surface area (Å²) in [6.07, 6.45) is 4.15. The Morgan fingerprint density at radius 1 is 1.38 bits per heavy atom. The molecule has 1 saturated heterocycles. The third kappa shape index (κ3) is 6.42. The van der Waals surface area contributed by atoms with Crippen LogP contribution in [0, 0.1) is 5.82 Å². The van der Waals surface area contributed by atoms with Crippen LogP contribution in [0.5, 0.6) is 0 Å². The van der Waals surface area contributed by atoms with E-state index in [4.69, 9.17) is 0 Å². The molecule has 0 saturated carbocycles. The summed E-state index contributed by atoms with van der Waals surface area (Å²) in [6.45, 7) is 8.13. The third-order valence-corrected chi connectivity index (χ3v) is 4.60. The Labute approximate surface area is 157 Å². The second-order valence-electron chi connectivity index (χ2n) is 7.10. The van der Waals surface area contributed by atoms with Gasteiger partial charge in [0.15, 0.2) is 5.96 Å². The van der Waals surface area contributed by atoms with E-state index in [0.717, 1.165) is 44.0 Å². The highest BCUT2D eigenvalue weighted by molar-refractivity contribution is 5.79. The number of hydrogen-bond acceptors (Lipinski definition) is 3. The zero-order valence-electron chi connectivity index (χ0n) is 16.3. The SMILES string of the molecule is C=CCN1CCC(NC(=NC)NCc2ccc(F)c(CN(C)C)c2)CC1. The Kier molecular flexibility index (Phi) is 8.06. The van der Waals surface area contributed by atoms with E-state index in [-0.39, 0.29) is 5.82 Å². The summed E-state index contributed by atoms with van der Waals surface area (Å²) in [5.41, 5.74) is 1.76. The lowest BCUT2D eigenvalue weighted by molar-refractivity contribution is 0.225. The van der Waals surface area contributed by atoms with Crippen LogP contribution in [0.25, 0.3) is 0 Å². The number of halogens is 1. The van der Waals surface area contributed by atoms with E-state index >= 15 is 0 Å². The normalized spacial score (nSPS) is 16.7. The molecule has 1 fully saturated rings. The van der Waals surface area contributed by atoms with E-state index in [1.165, 1.54) is 0 Å². The summed E-state index contributed by atoms with van der Waals surface area (Å²) in [7, 11) is 5.66. The molecule has 0 bridgehead atoms. The molecule has 2 rings (SSSR count). The lowest BCUT2D eigenvalue weighted by Crippen LogP contribution is -2.48. The van der Waals surface area contributed by atoms with Gasteiger partial charge in [-0.1, -0.05) is 12.1 Å². The summed E-state index contributed by atoms with van der Waals surface area (Å²) in [5.74, 6) is 0.641. The molecular weight excluding hydrogens is 329 g/mol. The smallest absolute Gasteiger partial charge is 0.191 e. The Balaban J connectivity index is 1.84. The minimum absolute atomic E-state index is 0.156. The Morgan fingerprint density at radius 3 is 2.73 bits per heavy atom. The third-order valence-electron chi connectivity index (χ3n) is 4.60. The van der Waals surface area contributed by atoms with Crippen molar-refractivity contribution in [1.29, 1.82) is 0 Å². The summed E-state index contributed by atoms with van der Waals surface area (Å²) in [4.78, 5) is 8.70. The second kappa shape index (κ2) is 10.3. The fourth-order valence-corrected chi connectivity index (χ4v) is 3.22. The van der Waals surface area contributed by atoms with E-state index in [1.54, 1.807) is 13.1 Å². The van der Waals surface area contributed by atoms with Gasteiger partial charge < -0.3 is 15.5 Å². The van der Waals surface area contributed by atoms with Crippen molar-refractivity contribution in [2.75, 3.05) is 40.8 Å². The average Bonchev–Trinajstić information content (AvgIpc) is 2.62. The van der Waals surface area contributed by atoms with Gasteiger partial charge in [-0.15, -0.1) is 6.58 Å². The first-order valence-electron chi connectivity index (χ1n) is 9.24. The van der Waals surface area contributed by atoms with Crippen LogP contribution >= 0.6 is 0 Å². The monoisotopic (exact) mass is 361 g/mol. The highest BCUT2D eigenvalue weighted by Crippen LogP contribution is 2.13. The molecule has 1 heterocycles. The number of aliphatic imine (C=N–C) groups is 1. The van der Waals surface area contributed by atoms with Crippen LogP contribution in [0.4, 0.5) is 4.39 Å². The maximum absolute atomic E-state index is 13.9. The molecule has 5 nitrogen and oxygen atoms in total. The Bertz CT molecular complexity index is 606. The highest BCUT2D eigenvalue weighted by Gasteiger charge is 2.19. The van der Waals surface area contributed by atoms with E-state index in [1.807, 2.05) is 37.2 Å².